The van der Waals surface area contributed by atoms with Crippen molar-refractivity contribution in [1.29, 1.82) is 0 Å². The van der Waals surface area contributed by atoms with E-state index in [1.54, 1.807) is 11.1 Å². The fourth-order valence-electron chi connectivity index (χ4n) is 8.94. The highest BCUT2D eigenvalue weighted by atomic mass is 32.1. The van der Waals surface area contributed by atoms with E-state index in [0.717, 1.165) is 0 Å². The van der Waals surface area contributed by atoms with Gasteiger partial charge in [0, 0.05) is 25.6 Å². The maximum Gasteiger partial charge on any atom is 0.0434 e. The molecule has 0 unspecified atom stereocenters. The van der Waals surface area contributed by atoms with E-state index in [2.05, 4.69) is 158 Å². The van der Waals surface area contributed by atoms with Crippen LogP contribution in [0.2, 0.25) is 0 Å². The van der Waals surface area contributed by atoms with Crippen molar-refractivity contribution in [2.24, 2.45) is 0 Å². The van der Waals surface area contributed by atoms with E-state index in [0.29, 0.717) is 0 Å². The third-order valence-corrected chi connectivity index (χ3v) is 12.6. The Hall–Kier alpha value is -5.24. The molecule has 1 spiro atoms. The van der Waals surface area contributed by atoms with Crippen molar-refractivity contribution in [1.82, 2.24) is 0 Å². The zero-order chi connectivity index (χ0) is 32.4. The number of hydrogen-bond acceptors (Lipinski definition) is 1. The third-order valence-electron chi connectivity index (χ3n) is 11.3. The first-order valence-electron chi connectivity index (χ1n) is 17.7. The van der Waals surface area contributed by atoms with E-state index in [1.807, 2.05) is 11.3 Å². The largest absolute Gasteiger partial charge is 0.134 e. The minimum atomic E-state index is 0.161. The van der Waals surface area contributed by atoms with Crippen molar-refractivity contribution in [3.63, 3.8) is 0 Å². The number of fused-ring (bicyclic) bond motifs is 8. The van der Waals surface area contributed by atoms with Crippen LogP contribution in [0, 0.1) is 0 Å². The van der Waals surface area contributed by atoms with Crippen LogP contribution < -0.4 is 0 Å². The van der Waals surface area contributed by atoms with Gasteiger partial charge in [0.25, 0.3) is 0 Å². The molecular formula is C48H36S. The van der Waals surface area contributed by atoms with Gasteiger partial charge in [-0.25, -0.2) is 0 Å². The van der Waals surface area contributed by atoms with Crippen LogP contribution in [0.4, 0.5) is 0 Å². The number of thiophene rings is 1. The van der Waals surface area contributed by atoms with Crippen LogP contribution >= 0.6 is 11.3 Å². The summed E-state index contributed by atoms with van der Waals surface area (Å²) in [6.07, 6.45) is 6.49. The van der Waals surface area contributed by atoms with Crippen LogP contribution in [0.15, 0.2) is 158 Å². The first-order chi connectivity index (χ1) is 24.3. The van der Waals surface area contributed by atoms with Gasteiger partial charge in [-0.2, -0.15) is 0 Å². The molecule has 1 saturated carbocycles. The van der Waals surface area contributed by atoms with E-state index in [1.165, 1.54) is 108 Å². The maximum atomic E-state index is 2.56. The van der Waals surface area contributed by atoms with Crippen molar-refractivity contribution in [3.05, 3.63) is 169 Å². The van der Waals surface area contributed by atoms with Crippen molar-refractivity contribution in [3.8, 4) is 55.6 Å². The molecule has 1 heteroatoms. The Morgan fingerprint density at radius 1 is 0.347 bits per heavy atom. The number of rotatable bonds is 4. The molecule has 0 aliphatic heterocycles. The van der Waals surface area contributed by atoms with E-state index < -0.39 is 0 Å². The summed E-state index contributed by atoms with van der Waals surface area (Å²) in [6.45, 7) is 0. The second-order valence-electron chi connectivity index (χ2n) is 13.9. The second kappa shape index (κ2) is 11.4. The molecule has 0 amide bonds. The molecule has 234 valence electrons. The standard InChI is InChI=1S/C48H36S/c1-3-12-32(13-4-1)33-22-24-34(25-23-33)35-14-9-15-36(30-35)38-17-10-19-42-43-20-11-18-39(47(43)49-46(38)42)37-26-27-41-40-16-5-6-21-44(40)48(45(41)31-37)28-7-2-8-29-48/h1,3-6,9-27,30-31H,2,7-8,28-29H2. The average molecular weight is 645 g/mol. The van der Waals surface area contributed by atoms with Crippen LogP contribution in [0.25, 0.3) is 75.8 Å². The molecule has 10 rings (SSSR count). The van der Waals surface area contributed by atoms with Gasteiger partial charge in [-0.05, 0) is 91.7 Å². The monoisotopic (exact) mass is 644 g/mol. The highest BCUT2D eigenvalue weighted by Gasteiger charge is 2.43. The Morgan fingerprint density at radius 3 is 1.59 bits per heavy atom. The van der Waals surface area contributed by atoms with E-state index in [4.69, 9.17) is 0 Å². The van der Waals surface area contributed by atoms with Crippen LogP contribution in [0.5, 0.6) is 0 Å². The van der Waals surface area contributed by atoms with Gasteiger partial charge < -0.3 is 0 Å². The average Bonchev–Trinajstić information content (AvgIpc) is 3.69. The lowest BCUT2D eigenvalue weighted by Crippen LogP contribution is -2.28. The lowest BCUT2D eigenvalue weighted by molar-refractivity contribution is 0.353. The summed E-state index contributed by atoms with van der Waals surface area (Å²) < 4.78 is 2.74. The van der Waals surface area contributed by atoms with Crippen molar-refractivity contribution < 1.29 is 0 Å². The van der Waals surface area contributed by atoms with Gasteiger partial charge in [-0.15, -0.1) is 11.3 Å². The summed E-state index contributed by atoms with van der Waals surface area (Å²) in [5.74, 6) is 0. The van der Waals surface area contributed by atoms with Crippen molar-refractivity contribution in [2.45, 2.75) is 37.5 Å². The van der Waals surface area contributed by atoms with Gasteiger partial charge in [-0.3, -0.25) is 0 Å². The van der Waals surface area contributed by atoms with Gasteiger partial charge >= 0.3 is 0 Å². The fourth-order valence-corrected chi connectivity index (χ4v) is 10.3. The van der Waals surface area contributed by atoms with Gasteiger partial charge in [-0.1, -0.05) is 165 Å². The smallest absolute Gasteiger partial charge is 0.0434 e. The zero-order valence-corrected chi connectivity index (χ0v) is 28.3. The van der Waals surface area contributed by atoms with Gasteiger partial charge in [0.05, 0.1) is 0 Å². The Morgan fingerprint density at radius 2 is 0.857 bits per heavy atom. The van der Waals surface area contributed by atoms with Crippen LogP contribution in [0.1, 0.15) is 43.2 Å². The predicted octanol–water partition coefficient (Wildman–Crippen LogP) is 14.0. The van der Waals surface area contributed by atoms with Gasteiger partial charge in [0.2, 0.25) is 0 Å². The normalized spacial score (nSPS) is 14.7. The second-order valence-corrected chi connectivity index (χ2v) is 15.0. The van der Waals surface area contributed by atoms with Gasteiger partial charge in [0.15, 0.2) is 0 Å². The van der Waals surface area contributed by atoms with Crippen LogP contribution in [0.3, 0.4) is 0 Å². The summed E-state index contributed by atoms with van der Waals surface area (Å²) in [5.41, 5.74) is 16.4. The number of benzene rings is 7. The molecule has 0 nitrogen and oxygen atoms in total. The van der Waals surface area contributed by atoms with Crippen molar-refractivity contribution >= 4 is 31.5 Å². The van der Waals surface area contributed by atoms with Gasteiger partial charge in [0.1, 0.15) is 0 Å². The Balaban J connectivity index is 1.07. The summed E-state index contributed by atoms with van der Waals surface area (Å²) in [4.78, 5) is 0. The minimum absolute atomic E-state index is 0.161. The highest BCUT2D eigenvalue weighted by Crippen LogP contribution is 2.56. The van der Waals surface area contributed by atoms with Crippen LogP contribution in [-0.2, 0) is 5.41 Å². The highest BCUT2D eigenvalue weighted by molar-refractivity contribution is 7.26. The summed E-state index contributed by atoms with van der Waals surface area (Å²) in [6, 6.07) is 59.0. The molecule has 0 saturated heterocycles. The Labute approximate surface area is 292 Å². The quantitative estimate of drug-likeness (QED) is 0.179. The third kappa shape index (κ3) is 4.56. The molecule has 0 atom stereocenters. The lowest BCUT2D eigenvalue weighted by Gasteiger charge is -2.36. The SMILES string of the molecule is c1ccc(-c2ccc(-c3cccc(-c4cccc5c4sc4c(-c6ccc7c(c6)C6(CCCCC6)c6ccccc6-7)cccc45)c3)cc2)cc1. The molecule has 0 N–H and O–H groups in total. The Bertz CT molecular complexity index is 2510. The van der Waals surface area contributed by atoms with Crippen molar-refractivity contribution in [2.75, 3.05) is 0 Å². The molecule has 7 aromatic carbocycles. The zero-order valence-electron chi connectivity index (χ0n) is 27.5. The molecular weight excluding hydrogens is 609 g/mol. The number of hydrogen-bond donors (Lipinski definition) is 0. The van der Waals surface area contributed by atoms with E-state index >= 15 is 0 Å². The molecule has 1 aromatic heterocycles. The summed E-state index contributed by atoms with van der Waals surface area (Å²) >= 11 is 1.95. The van der Waals surface area contributed by atoms with Crippen LogP contribution in [-0.4, -0.2) is 0 Å². The minimum Gasteiger partial charge on any atom is -0.134 e. The molecule has 0 bridgehead atoms. The Kier molecular flexibility index (Phi) is 6.71. The maximum absolute atomic E-state index is 2.56. The molecule has 49 heavy (non-hydrogen) atoms. The molecule has 2 aliphatic rings. The predicted molar refractivity (Wildman–Crippen MR) is 210 cm³/mol. The lowest BCUT2D eigenvalue weighted by atomic mass is 9.67. The first-order valence-corrected chi connectivity index (χ1v) is 18.5. The van der Waals surface area contributed by atoms with E-state index in [-0.39, 0.29) is 5.41 Å². The molecule has 0 radical (unpaired) electrons. The molecule has 2 aliphatic carbocycles. The summed E-state index contributed by atoms with van der Waals surface area (Å²) in [7, 11) is 0. The topological polar surface area (TPSA) is 0 Å². The summed E-state index contributed by atoms with van der Waals surface area (Å²) in [5, 5.41) is 2.69. The molecule has 1 heterocycles. The fraction of sp³-hybridized carbons (Fsp3) is 0.125. The molecule has 8 aromatic rings. The molecule has 1 fully saturated rings. The van der Waals surface area contributed by atoms with E-state index in [9.17, 15) is 0 Å². The first kappa shape index (κ1) is 28.7.